The van der Waals surface area contributed by atoms with Crippen LogP contribution in [0.2, 0.25) is 0 Å². The molecular formula is C26H39ClN4O3. The van der Waals surface area contributed by atoms with E-state index in [0.717, 1.165) is 69.0 Å². The molecule has 1 amide bonds. The van der Waals surface area contributed by atoms with E-state index in [-0.39, 0.29) is 18.3 Å². The molecule has 7 nitrogen and oxygen atoms in total. The maximum absolute atomic E-state index is 12.8. The number of carbonyl (C=O) groups excluding carboxylic acids is 1. The summed E-state index contributed by atoms with van der Waals surface area (Å²) < 4.78 is 10.8. The number of ether oxygens (including phenoxy) is 2. The number of hydrogen-bond acceptors (Lipinski definition) is 6. The summed E-state index contributed by atoms with van der Waals surface area (Å²) in [6.45, 7) is 4.34. The van der Waals surface area contributed by atoms with Crippen LogP contribution >= 0.6 is 12.4 Å². The molecule has 0 fully saturated rings. The molecule has 0 aliphatic carbocycles. The first-order chi connectivity index (χ1) is 16.0. The number of benzene rings is 2. The number of nitrogens with one attached hydrogen (secondary N) is 2. The predicted octanol–water partition coefficient (Wildman–Crippen LogP) is 3.60. The van der Waals surface area contributed by atoms with Gasteiger partial charge in [-0.3, -0.25) is 4.79 Å². The molecule has 0 bridgehead atoms. The van der Waals surface area contributed by atoms with Crippen LogP contribution in [0.25, 0.3) is 0 Å². The molecule has 8 heteroatoms. The van der Waals surface area contributed by atoms with Gasteiger partial charge in [-0.15, -0.1) is 12.4 Å². The number of carbonyl (C=O) groups is 1. The highest BCUT2D eigenvalue weighted by Crippen LogP contribution is 2.32. The van der Waals surface area contributed by atoms with Gasteiger partial charge in [0.2, 0.25) is 5.91 Å². The highest BCUT2D eigenvalue weighted by Gasteiger charge is 2.22. The van der Waals surface area contributed by atoms with Crippen molar-refractivity contribution in [2.75, 3.05) is 71.3 Å². The minimum Gasteiger partial charge on any atom is -0.493 e. The fourth-order valence-electron chi connectivity index (χ4n) is 4.10. The second-order valence-corrected chi connectivity index (χ2v) is 8.61. The molecule has 0 saturated carbocycles. The van der Waals surface area contributed by atoms with Crippen LogP contribution in [0.15, 0.2) is 36.4 Å². The summed E-state index contributed by atoms with van der Waals surface area (Å²) in [5, 5.41) is 6.96. The first-order valence-electron chi connectivity index (χ1n) is 11.8. The highest BCUT2D eigenvalue weighted by molar-refractivity contribution is 5.85. The van der Waals surface area contributed by atoms with Crippen molar-refractivity contribution in [2.24, 2.45) is 0 Å². The Kier molecular flexibility index (Phi) is 11.3. The largest absolute Gasteiger partial charge is 0.493 e. The van der Waals surface area contributed by atoms with Gasteiger partial charge in [-0.25, -0.2) is 0 Å². The number of anilines is 2. The summed E-state index contributed by atoms with van der Waals surface area (Å²) in [5.74, 6) is 1.59. The Labute approximate surface area is 210 Å². The van der Waals surface area contributed by atoms with Gasteiger partial charge < -0.3 is 29.9 Å². The first kappa shape index (κ1) is 27.6. The van der Waals surface area contributed by atoms with Crippen LogP contribution in [0, 0.1) is 0 Å². The number of hydrogen-bond donors (Lipinski definition) is 2. The summed E-state index contributed by atoms with van der Waals surface area (Å²) in [6, 6.07) is 12.4. The van der Waals surface area contributed by atoms with Crippen LogP contribution in [-0.2, 0) is 17.6 Å². The quantitative estimate of drug-likeness (QED) is 0.443. The van der Waals surface area contributed by atoms with Crippen molar-refractivity contribution in [1.82, 2.24) is 10.2 Å². The molecule has 1 aliphatic heterocycles. The summed E-state index contributed by atoms with van der Waals surface area (Å²) in [4.78, 5) is 16.8. The van der Waals surface area contributed by atoms with Crippen molar-refractivity contribution in [3.63, 3.8) is 0 Å². The number of methoxy groups -OCH3 is 2. The fourth-order valence-corrected chi connectivity index (χ4v) is 4.10. The van der Waals surface area contributed by atoms with Crippen molar-refractivity contribution in [1.29, 1.82) is 0 Å². The highest BCUT2D eigenvalue weighted by atomic mass is 35.5. The van der Waals surface area contributed by atoms with Crippen molar-refractivity contribution >= 4 is 29.7 Å². The molecule has 1 heterocycles. The number of amides is 1. The maximum Gasteiger partial charge on any atom is 0.227 e. The summed E-state index contributed by atoms with van der Waals surface area (Å²) >= 11 is 0. The van der Waals surface area contributed by atoms with E-state index in [4.69, 9.17) is 9.47 Å². The van der Waals surface area contributed by atoms with Gasteiger partial charge in [0.05, 0.1) is 20.6 Å². The fraction of sp³-hybridized carbons (Fsp3) is 0.500. The Morgan fingerprint density at radius 3 is 2.24 bits per heavy atom. The van der Waals surface area contributed by atoms with Crippen LogP contribution in [0.4, 0.5) is 11.4 Å². The molecule has 188 valence electrons. The average Bonchev–Trinajstić information content (AvgIpc) is 2.97. The van der Waals surface area contributed by atoms with E-state index >= 15 is 0 Å². The van der Waals surface area contributed by atoms with Gasteiger partial charge in [0, 0.05) is 45.1 Å². The first-order valence-corrected chi connectivity index (χ1v) is 11.8. The third-order valence-electron chi connectivity index (χ3n) is 6.08. The van der Waals surface area contributed by atoms with E-state index in [1.54, 1.807) is 14.2 Å². The molecule has 34 heavy (non-hydrogen) atoms. The van der Waals surface area contributed by atoms with Gasteiger partial charge in [0.25, 0.3) is 0 Å². The molecule has 3 rings (SSSR count). The number of halogens is 1. The lowest BCUT2D eigenvalue weighted by atomic mass is 10.0. The molecule has 0 spiro atoms. The van der Waals surface area contributed by atoms with Gasteiger partial charge in [-0.2, -0.15) is 0 Å². The normalized spacial score (nSPS) is 12.9. The second-order valence-electron chi connectivity index (χ2n) is 8.61. The summed E-state index contributed by atoms with van der Waals surface area (Å²) in [6.07, 6.45) is 3.27. The minimum atomic E-state index is 0. The van der Waals surface area contributed by atoms with Crippen molar-refractivity contribution < 1.29 is 14.3 Å². The Hall–Kier alpha value is -2.64. The molecule has 0 saturated heterocycles. The van der Waals surface area contributed by atoms with Crippen molar-refractivity contribution in [2.45, 2.75) is 25.7 Å². The Bertz CT molecular complexity index is 906. The molecule has 0 unspecified atom stereocenters. The second kappa shape index (κ2) is 13.9. The standard InChI is InChI=1S/C26H38N4O3.ClH/c1-29(2)23-9-7-22(8-10-23)28-14-5-12-27-13-6-15-30-16-11-20-17-24(32-3)25(33-4)18-21(20)19-26(30)31;/h7-10,17-18,27-28H,5-6,11-16,19H2,1-4H3;1H. The lowest BCUT2D eigenvalue weighted by Gasteiger charge is -2.20. The monoisotopic (exact) mass is 490 g/mol. The Balaban J connectivity index is 0.00000408. The topological polar surface area (TPSA) is 66.1 Å². The molecule has 2 N–H and O–H groups in total. The van der Waals surface area contributed by atoms with E-state index in [0.29, 0.717) is 12.2 Å². The van der Waals surface area contributed by atoms with E-state index < -0.39 is 0 Å². The van der Waals surface area contributed by atoms with E-state index in [1.165, 1.54) is 11.3 Å². The van der Waals surface area contributed by atoms with Crippen LogP contribution in [0.5, 0.6) is 11.5 Å². The zero-order valence-corrected chi connectivity index (χ0v) is 21.7. The molecular weight excluding hydrogens is 452 g/mol. The van der Waals surface area contributed by atoms with Gasteiger partial charge in [0.1, 0.15) is 0 Å². The van der Waals surface area contributed by atoms with Gasteiger partial charge >= 0.3 is 0 Å². The smallest absolute Gasteiger partial charge is 0.227 e. The van der Waals surface area contributed by atoms with Crippen LogP contribution < -0.4 is 25.0 Å². The Morgan fingerprint density at radius 2 is 1.59 bits per heavy atom. The van der Waals surface area contributed by atoms with Gasteiger partial charge in [-0.1, -0.05) is 0 Å². The SMILES string of the molecule is COc1cc2c(cc1OC)CC(=O)N(CCCNCCCNc1ccc(N(C)C)cc1)CC2.Cl. The predicted molar refractivity (Wildman–Crippen MR) is 142 cm³/mol. The molecule has 2 aromatic carbocycles. The third-order valence-corrected chi connectivity index (χ3v) is 6.08. The average molecular weight is 491 g/mol. The lowest BCUT2D eigenvalue weighted by molar-refractivity contribution is -0.130. The molecule has 0 aromatic heterocycles. The minimum absolute atomic E-state index is 0. The third kappa shape index (κ3) is 7.71. The van der Waals surface area contributed by atoms with E-state index in [2.05, 4.69) is 39.8 Å². The Morgan fingerprint density at radius 1 is 0.941 bits per heavy atom. The number of fused-ring (bicyclic) bond motifs is 1. The van der Waals surface area contributed by atoms with Crippen LogP contribution in [-0.4, -0.2) is 71.8 Å². The number of nitrogens with zero attached hydrogens (tertiary/aromatic N) is 2. The van der Waals surface area contributed by atoms with E-state index in [9.17, 15) is 4.79 Å². The van der Waals surface area contributed by atoms with Gasteiger partial charge in [-0.05, 0) is 79.9 Å². The molecule has 0 atom stereocenters. The van der Waals surface area contributed by atoms with E-state index in [1.807, 2.05) is 31.1 Å². The molecule has 1 aliphatic rings. The maximum atomic E-state index is 12.8. The van der Waals surface area contributed by atoms with Crippen molar-refractivity contribution in [3.05, 3.63) is 47.5 Å². The molecule has 2 aromatic rings. The number of rotatable bonds is 12. The van der Waals surface area contributed by atoms with Crippen LogP contribution in [0.1, 0.15) is 24.0 Å². The summed E-state index contributed by atoms with van der Waals surface area (Å²) in [7, 11) is 7.36. The zero-order valence-electron chi connectivity index (χ0n) is 20.9. The van der Waals surface area contributed by atoms with Crippen molar-refractivity contribution in [3.8, 4) is 11.5 Å². The zero-order chi connectivity index (χ0) is 23.6. The van der Waals surface area contributed by atoms with Gasteiger partial charge in [0.15, 0.2) is 11.5 Å². The molecule has 0 radical (unpaired) electrons. The lowest BCUT2D eigenvalue weighted by Crippen LogP contribution is -2.34. The van der Waals surface area contributed by atoms with Crippen LogP contribution in [0.3, 0.4) is 0 Å². The summed E-state index contributed by atoms with van der Waals surface area (Å²) in [5.41, 5.74) is 4.57.